The molecule has 1 aliphatic carbocycles. The number of fused-ring (bicyclic) bond motifs is 1. The van der Waals surface area contributed by atoms with Gasteiger partial charge >= 0.3 is 0 Å². The lowest BCUT2D eigenvalue weighted by Gasteiger charge is -2.27. The number of aromatic nitrogens is 3. The molecule has 3 N–H and O–H groups in total. The third-order valence-corrected chi connectivity index (χ3v) is 6.59. The molecule has 2 aromatic heterocycles. The summed E-state index contributed by atoms with van der Waals surface area (Å²) >= 11 is 6.16. The summed E-state index contributed by atoms with van der Waals surface area (Å²) in [5.41, 5.74) is 1.54. The maximum Gasteiger partial charge on any atom is 0.145 e. The molecule has 1 aromatic carbocycles. The molecule has 3 aromatic rings. The van der Waals surface area contributed by atoms with Crippen molar-refractivity contribution >= 4 is 22.6 Å². The molecule has 2 aliphatic rings. The fourth-order valence-corrected chi connectivity index (χ4v) is 5.07. The highest BCUT2D eigenvalue weighted by atomic mass is 35.5. The van der Waals surface area contributed by atoms with Crippen LogP contribution in [0.5, 0.6) is 0 Å². The van der Waals surface area contributed by atoms with Crippen LogP contribution >= 0.6 is 11.6 Å². The second-order valence-electron chi connectivity index (χ2n) is 7.74. The van der Waals surface area contributed by atoms with Crippen LogP contribution in [0.2, 0.25) is 5.15 Å². The van der Waals surface area contributed by atoms with Gasteiger partial charge in [0.05, 0.1) is 17.5 Å². The number of rotatable bonds is 2. The molecule has 1 saturated heterocycles. The minimum absolute atomic E-state index is 0.185. The maximum absolute atomic E-state index is 10.9. The topological polar surface area (TPSA) is 83.2 Å². The van der Waals surface area contributed by atoms with Gasteiger partial charge in [-0.05, 0) is 24.5 Å². The van der Waals surface area contributed by atoms with E-state index in [0.717, 1.165) is 11.8 Å². The van der Waals surface area contributed by atoms with Gasteiger partial charge in [0.1, 0.15) is 23.2 Å². The van der Waals surface area contributed by atoms with E-state index >= 15 is 0 Å². The molecule has 5 atom stereocenters. The van der Waals surface area contributed by atoms with Gasteiger partial charge < -0.3 is 20.1 Å². The van der Waals surface area contributed by atoms with Crippen LogP contribution in [0.4, 0.5) is 0 Å². The van der Waals surface area contributed by atoms with Gasteiger partial charge in [0.25, 0.3) is 0 Å². The molecule has 5 rings (SSSR count). The van der Waals surface area contributed by atoms with Crippen LogP contribution in [-0.2, 0) is 0 Å². The zero-order valence-corrected chi connectivity index (χ0v) is 15.4. The van der Waals surface area contributed by atoms with Crippen LogP contribution in [-0.4, -0.2) is 43.5 Å². The molecule has 2 fully saturated rings. The molecule has 0 radical (unpaired) electrons. The molecular formula is C20H21ClN4O2. The number of aliphatic hydroxyl groups excluding tert-OH is 2. The summed E-state index contributed by atoms with van der Waals surface area (Å²) in [6, 6.07) is 12.1. The third-order valence-electron chi connectivity index (χ3n) is 6.29. The predicted octanol–water partition coefficient (Wildman–Crippen LogP) is 2.47. The lowest BCUT2D eigenvalue weighted by Crippen LogP contribution is -2.38. The van der Waals surface area contributed by atoms with Crippen molar-refractivity contribution < 1.29 is 10.2 Å². The average Bonchev–Trinajstić information content (AvgIpc) is 3.37. The first-order valence-electron chi connectivity index (χ1n) is 9.21. The van der Waals surface area contributed by atoms with Gasteiger partial charge in [-0.2, -0.15) is 0 Å². The molecular weight excluding hydrogens is 364 g/mol. The third kappa shape index (κ3) is 2.59. The standard InChI is InChI=1S/C20H21ClN4O2/c21-18-13-6-7-25(19(13)24-11-23-18)15-9-20(17(27)16(15)26)8-14(22-10-20)12-4-2-1-3-5-12/h1-7,11,14-17,22,26-27H,8-10H2. The minimum atomic E-state index is -0.856. The van der Waals surface area contributed by atoms with Gasteiger partial charge in [-0.1, -0.05) is 41.9 Å². The van der Waals surface area contributed by atoms with Crippen LogP contribution in [0.3, 0.4) is 0 Å². The second kappa shape index (κ2) is 6.27. The lowest BCUT2D eigenvalue weighted by molar-refractivity contribution is -0.0218. The van der Waals surface area contributed by atoms with E-state index in [1.54, 1.807) is 0 Å². The summed E-state index contributed by atoms with van der Waals surface area (Å²) in [5, 5.41) is 26.5. The van der Waals surface area contributed by atoms with Crippen molar-refractivity contribution in [1.29, 1.82) is 0 Å². The smallest absolute Gasteiger partial charge is 0.145 e. The summed E-state index contributed by atoms with van der Waals surface area (Å²) < 4.78 is 1.93. The first-order chi connectivity index (χ1) is 13.1. The van der Waals surface area contributed by atoms with E-state index < -0.39 is 12.2 Å². The highest BCUT2D eigenvalue weighted by molar-refractivity contribution is 6.33. The van der Waals surface area contributed by atoms with Gasteiger partial charge in [0, 0.05) is 24.2 Å². The van der Waals surface area contributed by atoms with Gasteiger partial charge in [-0.3, -0.25) is 0 Å². The number of benzene rings is 1. The number of halogens is 1. The van der Waals surface area contributed by atoms with Crippen molar-refractivity contribution in [2.75, 3.05) is 6.54 Å². The normalized spacial score (nSPS) is 33.3. The second-order valence-corrected chi connectivity index (χ2v) is 8.10. The summed E-state index contributed by atoms with van der Waals surface area (Å²) in [7, 11) is 0. The molecule has 0 amide bonds. The first-order valence-corrected chi connectivity index (χ1v) is 9.58. The summed E-state index contributed by atoms with van der Waals surface area (Å²) in [6.07, 6.45) is 3.13. The quantitative estimate of drug-likeness (QED) is 0.591. The SMILES string of the molecule is OC1C(n2ccc3c(Cl)ncnc32)CC2(CNC(c3ccccc3)C2)C1O. The van der Waals surface area contributed by atoms with E-state index in [9.17, 15) is 10.2 Å². The van der Waals surface area contributed by atoms with E-state index in [1.807, 2.05) is 35.0 Å². The van der Waals surface area contributed by atoms with E-state index in [4.69, 9.17) is 11.6 Å². The number of nitrogens with zero attached hydrogens (tertiary/aromatic N) is 3. The van der Waals surface area contributed by atoms with Crippen molar-refractivity contribution in [2.24, 2.45) is 5.41 Å². The molecule has 3 heterocycles. The molecule has 1 aliphatic heterocycles. The molecule has 1 saturated carbocycles. The Labute approximate surface area is 161 Å². The maximum atomic E-state index is 10.9. The van der Waals surface area contributed by atoms with E-state index in [1.165, 1.54) is 11.9 Å². The fourth-order valence-electron chi connectivity index (χ4n) is 4.88. The average molecular weight is 385 g/mol. The summed E-state index contributed by atoms with van der Waals surface area (Å²) in [6.45, 7) is 0.677. The molecule has 1 spiro atoms. The van der Waals surface area contributed by atoms with Gasteiger partial charge in [0.2, 0.25) is 0 Å². The molecule has 5 unspecified atom stereocenters. The van der Waals surface area contributed by atoms with Gasteiger partial charge in [-0.25, -0.2) is 9.97 Å². The monoisotopic (exact) mass is 384 g/mol. The van der Waals surface area contributed by atoms with Gasteiger partial charge in [0.15, 0.2) is 0 Å². The molecule has 7 heteroatoms. The zero-order valence-electron chi connectivity index (χ0n) is 14.7. The van der Waals surface area contributed by atoms with Crippen LogP contribution < -0.4 is 5.32 Å². The van der Waals surface area contributed by atoms with Crippen molar-refractivity contribution in [2.45, 2.75) is 37.1 Å². The van der Waals surface area contributed by atoms with Crippen molar-refractivity contribution in [1.82, 2.24) is 19.9 Å². The highest BCUT2D eigenvalue weighted by Crippen LogP contribution is 2.52. The Hall–Kier alpha value is -1.99. The van der Waals surface area contributed by atoms with Gasteiger partial charge in [-0.15, -0.1) is 0 Å². The lowest BCUT2D eigenvalue weighted by atomic mass is 9.80. The van der Waals surface area contributed by atoms with Crippen molar-refractivity contribution in [3.63, 3.8) is 0 Å². The summed E-state index contributed by atoms with van der Waals surface area (Å²) in [4.78, 5) is 8.36. The largest absolute Gasteiger partial charge is 0.390 e. The fraction of sp³-hybridized carbons (Fsp3) is 0.400. The van der Waals surface area contributed by atoms with Crippen LogP contribution in [0.25, 0.3) is 11.0 Å². The Bertz CT molecular complexity index is 979. The van der Waals surface area contributed by atoms with Crippen molar-refractivity contribution in [3.05, 3.63) is 59.6 Å². The highest BCUT2D eigenvalue weighted by Gasteiger charge is 2.56. The number of aliphatic hydroxyl groups is 2. The number of nitrogens with one attached hydrogen (secondary N) is 1. The van der Waals surface area contributed by atoms with Crippen LogP contribution in [0.15, 0.2) is 48.9 Å². The number of hydrogen-bond acceptors (Lipinski definition) is 5. The van der Waals surface area contributed by atoms with E-state index in [0.29, 0.717) is 23.8 Å². The Kier molecular flexibility index (Phi) is 3.98. The molecule has 140 valence electrons. The van der Waals surface area contributed by atoms with Crippen molar-refractivity contribution in [3.8, 4) is 0 Å². The Balaban J connectivity index is 1.47. The van der Waals surface area contributed by atoms with Crippen LogP contribution in [0, 0.1) is 5.41 Å². The molecule has 0 bridgehead atoms. The van der Waals surface area contributed by atoms with E-state index in [2.05, 4.69) is 27.4 Å². The van der Waals surface area contributed by atoms with E-state index in [-0.39, 0.29) is 17.5 Å². The number of hydrogen-bond donors (Lipinski definition) is 3. The Morgan fingerprint density at radius 1 is 1.11 bits per heavy atom. The zero-order chi connectivity index (χ0) is 18.6. The minimum Gasteiger partial charge on any atom is -0.390 e. The first kappa shape index (κ1) is 17.1. The Morgan fingerprint density at radius 3 is 2.74 bits per heavy atom. The molecule has 27 heavy (non-hydrogen) atoms. The Morgan fingerprint density at radius 2 is 1.93 bits per heavy atom. The summed E-state index contributed by atoms with van der Waals surface area (Å²) in [5.74, 6) is 0. The molecule has 6 nitrogen and oxygen atoms in total. The van der Waals surface area contributed by atoms with Crippen LogP contribution in [0.1, 0.15) is 30.5 Å². The predicted molar refractivity (Wildman–Crippen MR) is 102 cm³/mol.